The molecule has 37 heteroatoms. The van der Waals surface area contributed by atoms with Gasteiger partial charge in [-0.1, -0.05) is 215 Å². The van der Waals surface area contributed by atoms with Gasteiger partial charge in [-0.05, 0) is 136 Å². The van der Waals surface area contributed by atoms with Crippen molar-refractivity contribution in [1.29, 1.82) is 0 Å². The van der Waals surface area contributed by atoms with Gasteiger partial charge < -0.3 is 121 Å². The number of phenols is 2. The number of hydrogen-bond acceptors (Lipinski definition) is 22. The van der Waals surface area contributed by atoms with Crippen LogP contribution in [0.25, 0.3) is 10.9 Å². The molecule has 1 aromatic heterocycles. The molecule has 7 rings (SSSR count). The molecule has 11 atom stereocenters. The molecule has 0 bridgehead atoms. The number of nitrogens with zero attached hydrogens (tertiary/aromatic N) is 1. The van der Waals surface area contributed by atoms with Crippen molar-refractivity contribution in [3.05, 3.63) is 155 Å². The Morgan fingerprint density at radius 1 is 0.471 bits per heavy atom. The number of primary amides is 1. The number of unbranched alkanes of at least 4 members (excludes halogenated alkanes) is 22. The van der Waals surface area contributed by atoms with Crippen LogP contribution in [0, 0.1) is 0 Å². The number of carbonyl (C=O) groups excluding carboxylic acids is 13. The Bertz CT molecular complexity index is 4820. The van der Waals surface area contributed by atoms with Crippen LogP contribution < -0.4 is 85.2 Å². The fraction of sp³-hybridized carbons (Fsp3) is 0.553. The molecule has 0 saturated carbocycles. The summed E-state index contributed by atoms with van der Waals surface area (Å²) < 4.78 is 12.5. The summed E-state index contributed by atoms with van der Waals surface area (Å²) in [5.41, 5.74) is 20.5. The maximum atomic E-state index is 15.0. The van der Waals surface area contributed by atoms with Gasteiger partial charge in [-0.2, -0.15) is 0 Å². The number of para-hydroxylation sites is 1. The molecular formula is C103H150N16O21. The molecule has 768 valence electrons. The first-order valence-corrected chi connectivity index (χ1v) is 49.8. The van der Waals surface area contributed by atoms with Crippen LogP contribution in [0.15, 0.2) is 128 Å². The zero-order valence-electron chi connectivity index (χ0n) is 81.3. The van der Waals surface area contributed by atoms with Gasteiger partial charge >= 0.3 is 5.97 Å². The average Bonchev–Trinajstić information content (AvgIpc) is 1.64. The number of aromatic nitrogens is 1. The monoisotopic (exact) mass is 1950 g/mol. The van der Waals surface area contributed by atoms with Crippen molar-refractivity contribution in [2.45, 2.75) is 312 Å². The molecule has 1 aliphatic rings. The number of rotatable bonds is 70. The highest BCUT2D eigenvalue weighted by Gasteiger charge is 2.42. The van der Waals surface area contributed by atoms with Crippen LogP contribution in [-0.2, 0) is 88.0 Å². The number of phenolic OH excluding ortho intramolecular Hbond substituents is 2. The van der Waals surface area contributed by atoms with E-state index in [1.54, 1.807) is 48.7 Å². The van der Waals surface area contributed by atoms with E-state index in [-0.39, 0.29) is 88.4 Å². The molecule has 23 N–H and O–H groups in total. The van der Waals surface area contributed by atoms with Gasteiger partial charge in [-0.15, -0.1) is 0 Å². The average molecular weight is 1950 g/mol. The van der Waals surface area contributed by atoms with Gasteiger partial charge in [0.25, 0.3) is 5.91 Å². The lowest BCUT2D eigenvalue weighted by molar-refractivity contribution is -0.143. The van der Waals surface area contributed by atoms with Crippen LogP contribution in [0.1, 0.15) is 252 Å². The number of carboxylic acids is 1. The zero-order valence-corrected chi connectivity index (χ0v) is 81.3. The van der Waals surface area contributed by atoms with Crippen molar-refractivity contribution < 1.29 is 102 Å². The summed E-state index contributed by atoms with van der Waals surface area (Å²) in [7, 11) is 0. The van der Waals surface area contributed by atoms with E-state index in [1.807, 2.05) is 30.3 Å². The number of hydrogen-bond donors (Lipinski definition) is 20. The van der Waals surface area contributed by atoms with E-state index in [1.165, 1.54) is 143 Å². The summed E-state index contributed by atoms with van der Waals surface area (Å²) in [4.78, 5) is 200. The minimum Gasteiger partial charge on any atom is -0.508 e. The second-order valence-electron chi connectivity index (χ2n) is 36.2. The van der Waals surface area contributed by atoms with Crippen LogP contribution in [0.4, 0.5) is 0 Å². The van der Waals surface area contributed by atoms with E-state index in [2.05, 4.69) is 77.3 Å². The lowest BCUT2D eigenvalue weighted by atomic mass is 10.0. The fourth-order valence-electron chi connectivity index (χ4n) is 16.6. The van der Waals surface area contributed by atoms with Gasteiger partial charge in [0.15, 0.2) is 0 Å². The SMILES string of the molecule is CCCCCCCCCCCCOc1cc(OCCCCCCCCCCCC)cc(C(=O)NCCCCCCNC(=O)[C@H](Cc2c[nH]c3ccccc23)NC(=O)[C@@H]2CCCN2C(=O)[C@H](CC(N)=O)NC(=O)[C@H](Cc2ccc(O)cc2)NC(=O)[C@@H](NC(=O)[C@H](CCCCN)NC(=O)CNC(=O)[C@H](Cc2ccccc2)NC(=O)[C@H](Cc2ccc(O)cc2)NC(=O)[C@H](CO)NC(=O)[C@@H](N)CC(=O)O)[C@@H](C)O)c1. The number of aliphatic hydroxyl groups is 2. The van der Waals surface area contributed by atoms with Crippen molar-refractivity contribution in [3.63, 3.8) is 0 Å². The molecule has 2 heterocycles. The molecule has 0 aliphatic carbocycles. The smallest absolute Gasteiger partial charge is 0.305 e. The zero-order chi connectivity index (χ0) is 102. The Balaban J connectivity index is 0.979. The number of carboxylic acid groups (broad SMARTS) is 1. The number of aliphatic hydroxyl groups excluding tert-OH is 2. The summed E-state index contributed by atoms with van der Waals surface area (Å²) in [6.07, 6.45) is 25.0. The van der Waals surface area contributed by atoms with Gasteiger partial charge in [0, 0.05) is 74.0 Å². The number of likely N-dealkylation sites (tertiary alicyclic amines) is 1. The molecule has 0 radical (unpaired) electrons. The summed E-state index contributed by atoms with van der Waals surface area (Å²) in [5.74, 6) is -12.4. The van der Waals surface area contributed by atoms with Crippen LogP contribution in [0.2, 0.25) is 0 Å². The highest BCUT2D eigenvalue weighted by Crippen LogP contribution is 2.28. The number of aromatic hydroxyl groups is 2. The van der Waals surface area contributed by atoms with E-state index >= 15 is 4.79 Å². The largest absolute Gasteiger partial charge is 0.508 e. The lowest BCUT2D eigenvalue weighted by Gasteiger charge is -2.31. The number of benzene rings is 5. The van der Waals surface area contributed by atoms with Crippen molar-refractivity contribution in [1.82, 2.24) is 68.4 Å². The van der Waals surface area contributed by atoms with Crippen LogP contribution in [0.3, 0.4) is 0 Å². The predicted octanol–water partition coefficient (Wildman–Crippen LogP) is 6.72. The highest BCUT2D eigenvalue weighted by molar-refractivity contribution is 6.01. The number of fused-ring (bicyclic) bond motifs is 1. The molecule has 13 amide bonds. The fourth-order valence-corrected chi connectivity index (χ4v) is 16.6. The second-order valence-corrected chi connectivity index (χ2v) is 36.2. The number of nitrogens with one attached hydrogen (secondary N) is 12. The highest BCUT2D eigenvalue weighted by atomic mass is 16.5. The van der Waals surface area contributed by atoms with E-state index in [0.29, 0.717) is 84.8 Å². The van der Waals surface area contributed by atoms with Crippen LogP contribution in [-0.4, -0.2) is 237 Å². The Morgan fingerprint density at radius 3 is 1.46 bits per heavy atom. The predicted molar refractivity (Wildman–Crippen MR) is 530 cm³/mol. The van der Waals surface area contributed by atoms with Crippen molar-refractivity contribution in [3.8, 4) is 23.0 Å². The second kappa shape index (κ2) is 63.8. The van der Waals surface area contributed by atoms with Crippen LogP contribution in [0.5, 0.6) is 23.0 Å². The number of aliphatic carboxylic acids is 1. The Hall–Kier alpha value is -12.7. The third-order valence-corrected chi connectivity index (χ3v) is 24.5. The third-order valence-electron chi connectivity index (χ3n) is 24.5. The van der Waals surface area contributed by atoms with E-state index < -0.39 is 169 Å². The molecule has 0 spiro atoms. The summed E-state index contributed by atoms with van der Waals surface area (Å²) in [6, 6.07) is 16.3. The Morgan fingerprint density at radius 2 is 0.936 bits per heavy atom. The number of nitrogens with two attached hydrogens (primary N) is 3. The minimum absolute atomic E-state index is 0.0235. The van der Waals surface area contributed by atoms with Gasteiger partial charge in [0.2, 0.25) is 70.9 Å². The number of carbonyl (C=O) groups is 14. The van der Waals surface area contributed by atoms with Crippen LogP contribution >= 0.6 is 0 Å². The molecule has 1 fully saturated rings. The summed E-state index contributed by atoms with van der Waals surface area (Å²) in [5, 5.41) is 80.4. The van der Waals surface area contributed by atoms with Crippen molar-refractivity contribution >= 4 is 93.7 Å². The lowest BCUT2D eigenvalue weighted by Crippen LogP contribution is -2.62. The molecular weight excluding hydrogens is 1800 g/mol. The molecule has 1 aliphatic heterocycles. The Kier molecular flexibility index (Phi) is 52.0. The molecule has 6 aromatic rings. The normalized spacial score (nSPS) is 14.4. The number of aromatic amines is 1. The third kappa shape index (κ3) is 42.1. The van der Waals surface area contributed by atoms with E-state index in [0.717, 1.165) is 62.8 Å². The van der Waals surface area contributed by atoms with E-state index in [9.17, 15) is 82.8 Å². The minimum atomic E-state index is -1.90. The number of amides is 13. The molecule has 37 nitrogen and oxygen atoms in total. The number of H-pyrrole nitrogens is 1. The Labute approximate surface area is 820 Å². The van der Waals surface area contributed by atoms with E-state index in [4.69, 9.17) is 31.8 Å². The quantitative estimate of drug-likeness (QED) is 0.0176. The van der Waals surface area contributed by atoms with Gasteiger partial charge in [0.1, 0.15) is 77.4 Å². The number of ether oxygens (including phenoxy) is 2. The van der Waals surface area contributed by atoms with Gasteiger partial charge in [0.05, 0.1) is 51.4 Å². The maximum Gasteiger partial charge on any atom is 0.305 e. The van der Waals surface area contributed by atoms with Crippen molar-refractivity contribution in [2.75, 3.05) is 52.5 Å². The van der Waals surface area contributed by atoms with Gasteiger partial charge in [-0.25, -0.2) is 0 Å². The molecule has 140 heavy (non-hydrogen) atoms. The standard InChI is InChI=1S/C103H150N16O21/c1-4-6-8-10-12-14-16-18-22-33-54-139-76-59-72(60-77(62-76)140-55-34-23-19-17-15-13-11-9-7-5-2)93(128)107-51-31-20-21-32-52-108-95(130)85(61-73-65-109-80-39-28-27-38-78(73)80)114-101(136)88-41-35-53-119(88)103(138)86(64-89(106)124)116-99(134)84(58-71-44-48-75(123)49-45-71)115-102(137)92(68(3)121)118-97(132)81(40-29-30-50-104)111-90(125)66-110-96(131)82(56-69-36-25-24-26-37-69)112-98(133)83(57-70-42-46-74(122)47-43-70)113-100(135)87(67-120)117-94(129)79(105)63-91(126)127/h24-28,36-39,42-49,59-60,62,65,68,79,81-88,92,109,120-123H,4-23,29-35,40-41,50-58,61,63-64,66-67,104-105H2,1-3H3,(H2,106,124)(H,107,128)(H,108,130)(H,110,131)(H,111,125)(H,112,133)(H,113,135)(H,114,136)(H,115,137)(H,116,134)(H,117,129)(H,118,132)(H,126,127)/t68-,79+,81+,82+,83+,84+,85+,86+,87+,88+,92+/m1/s1. The van der Waals surface area contributed by atoms with Gasteiger partial charge in [-0.3, -0.25) is 67.1 Å². The topological polar surface area (TPSA) is 588 Å². The molecule has 1 saturated heterocycles. The first kappa shape index (κ1) is 114. The molecule has 0 unspecified atom stereocenters. The maximum absolute atomic E-state index is 15.0. The summed E-state index contributed by atoms with van der Waals surface area (Å²) >= 11 is 0. The molecule has 5 aromatic carbocycles. The first-order valence-electron chi connectivity index (χ1n) is 49.8. The summed E-state index contributed by atoms with van der Waals surface area (Å²) in [6.45, 7) is 5.54. The van der Waals surface area contributed by atoms with Crippen molar-refractivity contribution in [2.24, 2.45) is 17.2 Å². The first-order chi connectivity index (χ1) is 67.5.